The Balaban J connectivity index is 1.38. The SMILES string of the molecule is C=CCN1CC(=O)N2[C@H](Cc3ccc(O)cc3)C(=O)N(Cc3cc(C)cc4c3N(C)CCO4)C[C@@H]2N1C(=O)NCc1ccccc1. The predicted octanol–water partition coefficient (Wildman–Crippen LogP) is 3.27. The van der Waals surface area contributed by atoms with Crippen molar-refractivity contribution in [2.45, 2.75) is 38.6 Å². The number of phenols is 1. The molecule has 3 heterocycles. The summed E-state index contributed by atoms with van der Waals surface area (Å²) in [5.41, 5.74) is 4.62. The summed E-state index contributed by atoms with van der Waals surface area (Å²) >= 11 is 0. The number of aromatic hydroxyl groups is 1. The predicted molar refractivity (Wildman–Crippen MR) is 174 cm³/mol. The molecule has 2 atom stereocenters. The third-order valence-corrected chi connectivity index (χ3v) is 8.76. The van der Waals surface area contributed by atoms with Gasteiger partial charge in [-0.3, -0.25) is 9.59 Å². The van der Waals surface area contributed by atoms with Crippen LogP contribution in [0, 0.1) is 6.92 Å². The first kappa shape index (κ1) is 31.0. The van der Waals surface area contributed by atoms with Gasteiger partial charge in [-0.15, -0.1) is 6.58 Å². The molecule has 3 aromatic carbocycles. The molecule has 2 saturated heterocycles. The van der Waals surface area contributed by atoms with Crippen molar-refractivity contribution in [2.24, 2.45) is 0 Å². The number of benzene rings is 3. The molecule has 46 heavy (non-hydrogen) atoms. The van der Waals surface area contributed by atoms with Crippen molar-refractivity contribution < 1.29 is 24.2 Å². The molecule has 4 amide bonds. The molecule has 11 nitrogen and oxygen atoms in total. The number of nitrogens with zero attached hydrogens (tertiary/aromatic N) is 5. The lowest BCUT2D eigenvalue weighted by Crippen LogP contribution is -2.76. The van der Waals surface area contributed by atoms with Crippen LogP contribution in [0.3, 0.4) is 0 Å². The Morgan fingerprint density at radius 3 is 2.59 bits per heavy atom. The first-order valence-corrected chi connectivity index (χ1v) is 15.6. The molecule has 3 aliphatic rings. The van der Waals surface area contributed by atoms with Crippen molar-refractivity contribution >= 4 is 23.5 Å². The zero-order valence-electron chi connectivity index (χ0n) is 26.3. The van der Waals surface area contributed by atoms with Gasteiger partial charge in [-0.25, -0.2) is 14.8 Å². The highest BCUT2D eigenvalue weighted by Gasteiger charge is 2.51. The Morgan fingerprint density at radius 2 is 1.85 bits per heavy atom. The molecule has 240 valence electrons. The number of hydrogen-bond acceptors (Lipinski definition) is 7. The van der Waals surface area contributed by atoms with Gasteiger partial charge in [0.2, 0.25) is 11.8 Å². The smallest absolute Gasteiger partial charge is 0.334 e. The van der Waals surface area contributed by atoms with Crippen molar-refractivity contribution in [1.82, 2.24) is 25.1 Å². The number of likely N-dealkylation sites (N-methyl/N-ethyl adjacent to an activating group) is 1. The Labute approximate surface area is 269 Å². The maximum absolute atomic E-state index is 14.4. The minimum atomic E-state index is -0.860. The van der Waals surface area contributed by atoms with Gasteiger partial charge in [-0.05, 0) is 47.4 Å². The van der Waals surface area contributed by atoms with Gasteiger partial charge in [-0.2, -0.15) is 0 Å². The van der Waals surface area contributed by atoms with Crippen molar-refractivity contribution in [3.8, 4) is 11.5 Å². The third-order valence-electron chi connectivity index (χ3n) is 8.76. The Kier molecular flexibility index (Phi) is 8.85. The molecule has 3 aromatic rings. The zero-order valence-corrected chi connectivity index (χ0v) is 26.3. The maximum Gasteiger partial charge on any atom is 0.334 e. The van der Waals surface area contributed by atoms with Crippen LogP contribution in [0.4, 0.5) is 10.5 Å². The normalized spacial score (nSPS) is 19.8. The molecule has 0 aromatic heterocycles. The summed E-state index contributed by atoms with van der Waals surface area (Å²) in [5.74, 6) is 0.456. The number of phenolic OH excluding ortho intramolecular Hbond substituents is 1. The molecule has 3 aliphatic heterocycles. The summed E-state index contributed by atoms with van der Waals surface area (Å²) in [4.78, 5) is 47.7. The van der Waals surface area contributed by atoms with E-state index in [1.165, 1.54) is 0 Å². The Morgan fingerprint density at radius 1 is 1.09 bits per heavy atom. The van der Waals surface area contributed by atoms with Gasteiger partial charge in [0.1, 0.15) is 30.3 Å². The van der Waals surface area contributed by atoms with Crippen molar-refractivity contribution in [3.05, 3.63) is 102 Å². The average molecular weight is 625 g/mol. The second kappa shape index (κ2) is 13.1. The van der Waals surface area contributed by atoms with Crippen LogP contribution in [-0.2, 0) is 29.1 Å². The van der Waals surface area contributed by atoms with Crippen LogP contribution < -0.4 is 15.0 Å². The molecule has 0 bridgehead atoms. The third kappa shape index (κ3) is 6.23. The van der Waals surface area contributed by atoms with Crippen LogP contribution in [0.15, 0.2) is 79.4 Å². The first-order chi connectivity index (χ1) is 22.2. The van der Waals surface area contributed by atoms with Crippen molar-refractivity contribution in [3.63, 3.8) is 0 Å². The molecule has 11 heteroatoms. The molecule has 0 saturated carbocycles. The van der Waals surface area contributed by atoms with E-state index in [0.717, 1.165) is 40.2 Å². The summed E-state index contributed by atoms with van der Waals surface area (Å²) in [6.45, 7) is 8.07. The number of fused-ring (bicyclic) bond motifs is 2. The number of hydrogen-bond donors (Lipinski definition) is 2. The van der Waals surface area contributed by atoms with Crippen LogP contribution in [0.25, 0.3) is 0 Å². The number of hydrazine groups is 1. The molecule has 2 N–H and O–H groups in total. The number of anilines is 1. The van der Waals surface area contributed by atoms with Crippen LogP contribution in [0.5, 0.6) is 11.5 Å². The number of urea groups is 1. The largest absolute Gasteiger partial charge is 0.508 e. The van der Waals surface area contributed by atoms with E-state index in [9.17, 15) is 19.5 Å². The van der Waals surface area contributed by atoms with Crippen LogP contribution in [-0.4, -0.2) is 94.8 Å². The molecule has 2 fully saturated rings. The maximum atomic E-state index is 14.4. The summed E-state index contributed by atoms with van der Waals surface area (Å²) in [6.07, 6.45) is 1.13. The highest BCUT2D eigenvalue weighted by molar-refractivity contribution is 5.92. The van der Waals surface area contributed by atoms with E-state index in [4.69, 9.17) is 4.74 Å². The van der Waals surface area contributed by atoms with E-state index in [2.05, 4.69) is 22.9 Å². The number of carbonyl (C=O) groups excluding carboxylic acids is 3. The van der Waals surface area contributed by atoms with Gasteiger partial charge in [0.05, 0.1) is 25.3 Å². The quantitative estimate of drug-likeness (QED) is 0.371. The van der Waals surface area contributed by atoms with Gasteiger partial charge >= 0.3 is 6.03 Å². The number of ether oxygens (including phenoxy) is 1. The van der Waals surface area contributed by atoms with Crippen molar-refractivity contribution in [2.75, 3.05) is 44.7 Å². The van der Waals surface area contributed by atoms with Crippen LogP contribution >= 0.6 is 0 Å². The fraction of sp³-hybridized carbons (Fsp3) is 0.343. The van der Waals surface area contributed by atoms with Gasteiger partial charge in [0.15, 0.2) is 0 Å². The van der Waals surface area contributed by atoms with Crippen LogP contribution in [0.2, 0.25) is 0 Å². The minimum Gasteiger partial charge on any atom is -0.508 e. The highest BCUT2D eigenvalue weighted by Crippen LogP contribution is 2.37. The number of amides is 4. The summed E-state index contributed by atoms with van der Waals surface area (Å²) < 4.78 is 6.00. The fourth-order valence-electron chi connectivity index (χ4n) is 6.65. The monoisotopic (exact) mass is 624 g/mol. The highest BCUT2D eigenvalue weighted by atomic mass is 16.5. The number of piperazine rings is 1. The first-order valence-electron chi connectivity index (χ1n) is 15.6. The van der Waals surface area contributed by atoms with Gasteiger partial charge < -0.3 is 29.9 Å². The lowest BCUT2D eigenvalue weighted by Gasteiger charge is -2.55. The molecular formula is C35H40N6O5. The van der Waals surface area contributed by atoms with Crippen molar-refractivity contribution in [1.29, 1.82) is 0 Å². The lowest BCUT2D eigenvalue weighted by molar-refractivity contribution is -0.189. The molecule has 0 unspecified atom stereocenters. The van der Waals surface area contributed by atoms with E-state index in [0.29, 0.717) is 13.2 Å². The second-order valence-corrected chi connectivity index (χ2v) is 12.1. The topological polar surface area (TPSA) is 109 Å². The number of nitrogens with one attached hydrogen (secondary N) is 1. The lowest BCUT2D eigenvalue weighted by atomic mass is 9.97. The van der Waals surface area contributed by atoms with Gasteiger partial charge in [0.25, 0.3) is 0 Å². The Bertz CT molecular complexity index is 1610. The molecule has 6 rings (SSSR count). The van der Waals surface area contributed by atoms with Gasteiger partial charge in [0, 0.05) is 33.1 Å². The number of carbonyl (C=O) groups is 3. The molecule has 0 aliphatic carbocycles. The van der Waals surface area contributed by atoms with E-state index in [-0.39, 0.29) is 56.2 Å². The molecular weight excluding hydrogens is 584 g/mol. The number of aryl methyl sites for hydroxylation is 1. The zero-order chi connectivity index (χ0) is 32.4. The summed E-state index contributed by atoms with van der Waals surface area (Å²) in [5, 5.41) is 16.2. The Hall–Kier alpha value is -5.03. The molecule has 0 radical (unpaired) electrons. The summed E-state index contributed by atoms with van der Waals surface area (Å²) in [6, 6.07) is 19.1. The van der Waals surface area contributed by atoms with E-state index < -0.39 is 12.2 Å². The minimum absolute atomic E-state index is 0.0752. The van der Waals surface area contributed by atoms with E-state index in [1.54, 1.807) is 50.2 Å². The fourth-order valence-corrected chi connectivity index (χ4v) is 6.65. The standard InChI is InChI=1S/C35H40N6O5/c1-4-14-39-23-32(43)40-29(19-25-10-12-28(42)13-11-25)34(44)38(21-27-17-24(2)18-30-33(27)37(3)15-16-46-30)22-31(40)41(39)35(45)36-20-26-8-6-5-7-9-26/h4-13,17-18,29,31,42H,1,14-16,19-23H2,2-3H3,(H,36,45)/t29-,31+/m1/s1. The van der Waals surface area contributed by atoms with E-state index >= 15 is 0 Å². The molecule has 0 spiro atoms. The van der Waals surface area contributed by atoms with Crippen LogP contribution in [0.1, 0.15) is 22.3 Å². The van der Waals surface area contributed by atoms with Gasteiger partial charge in [-0.1, -0.05) is 54.6 Å². The van der Waals surface area contributed by atoms with E-state index in [1.807, 2.05) is 50.4 Å². The number of rotatable bonds is 8. The summed E-state index contributed by atoms with van der Waals surface area (Å²) in [7, 11) is 2.01. The average Bonchev–Trinajstić information content (AvgIpc) is 3.03. The second-order valence-electron chi connectivity index (χ2n) is 12.1.